The van der Waals surface area contributed by atoms with E-state index >= 15 is 0 Å². The zero-order valence-corrected chi connectivity index (χ0v) is 12.6. The van der Waals surface area contributed by atoms with E-state index in [9.17, 15) is 14.9 Å². The molecule has 7 nitrogen and oxygen atoms in total. The van der Waals surface area contributed by atoms with E-state index in [0.717, 1.165) is 0 Å². The van der Waals surface area contributed by atoms with Crippen molar-refractivity contribution in [1.82, 2.24) is 9.38 Å². The smallest absolute Gasteiger partial charge is 0.274 e. The molecule has 2 aromatic heterocycles. The fourth-order valence-corrected chi connectivity index (χ4v) is 2.96. The van der Waals surface area contributed by atoms with E-state index < -0.39 is 4.92 Å². The van der Waals surface area contributed by atoms with Gasteiger partial charge in [0.25, 0.3) is 5.69 Å². The molecule has 1 aromatic carbocycles. The average Bonchev–Trinajstić information content (AvgIpc) is 2.98. The Labute approximate surface area is 130 Å². The van der Waals surface area contributed by atoms with Crippen molar-refractivity contribution in [2.45, 2.75) is 0 Å². The third kappa shape index (κ3) is 2.52. The fourth-order valence-electron chi connectivity index (χ4n) is 1.79. The van der Waals surface area contributed by atoms with Gasteiger partial charge >= 0.3 is 0 Å². The van der Waals surface area contributed by atoms with E-state index in [2.05, 4.69) is 20.9 Å². The van der Waals surface area contributed by atoms with E-state index in [0.29, 0.717) is 15.7 Å². The molecule has 0 fully saturated rings. The second-order valence-corrected chi connectivity index (χ2v) is 5.77. The molecule has 0 spiro atoms. The molecule has 0 aliphatic heterocycles. The Kier molecular flexibility index (Phi) is 3.43. The van der Waals surface area contributed by atoms with Gasteiger partial charge in [-0.15, -0.1) is 11.3 Å². The first-order valence-corrected chi connectivity index (χ1v) is 7.29. The normalized spacial score (nSPS) is 10.7. The largest absolute Gasteiger partial charge is 0.437 e. The van der Waals surface area contributed by atoms with E-state index in [4.69, 9.17) is 4.74 Å². The van der Waals surface area contributed by atoms with Crippen molar-refractivity contribution in [1.29, 1.82) is 0 Å². The number of imidazole rings is 1. The molecule has 21 heavy (non-hydrogen) atoms. The first kappa shape index (κ1) is 13.7. The van der Waals surface area contributed by atoms with Crippen molar-refractivity contribution in [2.24, 2.45) is 0 Å². The Morgan fingerprint density at radius 3 is 2.95 bits per heavy atom. The summed E-state index contributed by atoms with van der Waals surface area (Å²) in [4.78, 5) is 26.3. The molecule has 2 heterocycles. The number of aldehydes is 1. The number of aromatic nitrogens is 2. The summed E-state index contributed by atoms with van der Waals surface area (Å²) >= 11 is 4.53. The minimum atomic E-state index is -0.524. The maximum absolute atomic E-state index is 11.2. The number of hydrogen-bond acceptors (Lipinski definition) is 6. The minimum absolute atomic E-state index is 0.115. The number of halogens is 1. The van der Waals surface area contributed by atoms with Crippen LogP contribution in [0.1, 0.15) is 10.5 Å². The van der Waals surface area contributed by atoms with Crippen LogP contribution in [0.2, 0.25) is 0 Å². The number of nitrogens with zero attached hydrogens (tertiary/aromatic N) is 3. The van der Waals surface area contributed by atoms with Crippen LogP contribution < -0.4 is 4.74 Å². The molecule has 0 aliphatic rings. The first-order valence-electron chi connectivity index (χ1n) is 5.62. The molecule has 3 rings (SSSR count). The van der Waals surface area contributed by atoms with Crippen LogP contribution in [0.15, 0.2) is 34.2 Å². The zero-order chi connectivity index (χ0) is 15.0. The number of thiazole rings is 1. The second kappa shape index (κ2) is 5.26. The molecule has 0 saturated carbocycles. The number of fused-ring (bicyclic) bond motifs is 1. The van der Waals surface area contributed by atoms with Crippen molar-refractivity contribution < 1.29 is 14.5 Å². The predicted octanol–water partition coefficient (Wildman–Crippen LogP) is 3.67. The Balaban J connectivity index is 2.03. The van der Waals surface area contributed by atoms with Crippen LogP contribution in [0.3, 0.4) is 0 Å². The van der Waals surface area contributed by atoms with Gasteiger partial charge in [0.05, 0.1) is 11.0 Å². The molecule has 0 unspecified atom stereocenters. The molecule has 0 bridgehead atoms. The lowest BCUT2D eigenvalue weighted by atomic mass is 10.3. The standard InChI is InChI=1S/C12H6BrN3O4S/c13-7-3-8(16(18)19)5-9(4-7)20-11-10(6-17)15-1-2-21-12(15)14-11/h1-6H. The van der Waals surface area contributed by atoms with Gasteiger partial charge in [-0.2, -0.15) is 4.98 Å². The number of non-ortho nitro benzene ring substituents is 1. The number of nitro benzene ring substituents is 1. The van der Waals surface area contributed by atoms with Gasteiger partial charge in [0.1, 0.15) is 5.75 Å². The molecule has 0 aliphatic carbocycles. The summed E-state index contributed by atoms with van der Waals surface area (Å²) in [5.74, 6) is 0.342. The van der Waals surface area contributed by atoms with Gasteiger partial charge in [-0.3, -0.25) is 19.3 Å². The number of carbonyl (C=O) groups excluding carboxylic acids is 1. The summed E-state index contributed by atoms with van der Waals surface area (Å²) < 4.78 is 7.62. The summed E-state index contributed by atoms with van der Waals surface area (Å²) in [6.45, 7) is 0. The van der Waals surface area contributed by atoms with E-state index in [1.165, 1.54) is 23.5 Å². The maximum Gasteiger partial charge on any atom is 0.274 e. The molecule has 3 aromatic rings. The second-order valence-electron chi connectivity index (χ2n) is 3.98. The lowest BCUT2D eigenvalue weighted by molar-refractivity contribution is -0.385. The Morgan fingerprint density at radius 2 is 2.24 bits per heavy atom. The van der Waals surface area contributed by atoms with Gasteiger partial charge in [-0.05, 0) is 6.07 Å². The molecular weight excluding hydrogens is 362 g/mol. The minimum Gasteiger partial charge on any atom is -0.437 e. The van der Waals surface area contributed by atoms with Crippen LogP contribution >= 0.6 is 27.3 Å². The number of hydrogen-bond donors (Lipinski definition) is 0. The number of rotatable bonds is 4. The fraction of sp³-hybridized carbons (Fsp3) is 0. The summed E-state index contributed by atoms with van der Waals surface area (Å²) in [6.07, 6.45) is 2.33. The van der Waals surface area contributed by atoms with Crippen molar-refractivity contribution in [3.63, 3.8) is 0 Å². The van der Waals surface area contributed by atoms with Crippen LogP contribution in [0.25, 0.3) is 4.96 Å². The van der Waals surface area contributed by atoms with Crippen molar-refractivity contribution in [3.05, 3.63) is 50.1 Å². The third-order valence-corrected chi connectivity index (χ3v) is 3.87. The topological polar surface area (TPSA) is 86.7 Å². The summed E-state index contributed by atoms with van der Waals surface area (Å²) in [7, 11) is 0. The van der Waals surface area contributed by atoms with Crippen molar-refractivity contribution in [2.75, 3.05) is 0 Å². The lowest BCUT2D eigenvalue weighted by Crippen LogP contribution is -1.93. The highest BCUT2D eigenvalue weighted by atomic mass is 79.9. The van der Waals surface area contributed by atoms with Crippen LogP contribution in [0, 0.1) is 10.1 Å². The van der Waals surface area contributed by atoms with Crippen molar-refractivity contribution >= 4 is 44.2 Å². The molecule has 9 heteroatoms. The van der Waals surface area contributed by atoms with Gasteiger partial charge < -0.3 is 4.74 Å². The van der Waals surface area contributed by atoms with E-state index in [-0.39, 0.29) is 23.0 Å². The molecule has 0 amide bonds. The molecule has 0 radical (unpaired) electrons. The lowest BCUT2D eigenvalue weighted by Gasteiger charge is -2.04. The molecule has 0 atom stereocenters. The zero-order valence-electron chi connectivity index (χ0n) is 10.2. The molecule has 0 N–H and O–H groups in total. The van der Waals surface area contributed by atoms with Gasteiger partial charge in [0, 0.05) is 22.1 Å². The SMILES string of the molecule is O=Cc1c(Oc2cc(Br)cc([N+](=O)[O-])c2)nc2sccn12. The average molecular weight is 368 g/mol. The number of benzene rings is 1. The van der Waals surface area contributed by atoms with Gasteiger partial charge in [-0.25, -0.2) is 0 Å². The highest BCUT2D eigenvalue weighted by Gasteiger charge is 2.16. The highest BCUT2D eigenvalue weighted by Crippen LogP contribution is 2.31. The summed E-state index contributed by atoms with van der Waals surface area (Å²) in [6, 6.07) is 4.20. The van der Waals surface area contributed by atoms with Crippen LogP contribution in [-0.2, 0) is 0 Å². The Morgan fingerprint density at radius 1 is 1.43 bits per heavy atom. The van der Waals surface area contributed by atoms with Crippen LogP contribution in [0.5, 0.6) is 11.6 Å². The Hall–Kier alpha value is -2.26. The predicted molar refractivity (Wildman–Crippen MR) is 79.3 cm³/mol. The van der Waals surface area contributed by atoms with E-state index in [1.54, 1.807) is 22.0 Å². The summed E-state index contributed by atoms with van der Waals surface area (Å²) in [5, 5.41) is 12.6. The van der Waals surface area contributed by atoms with Gasteiger partial charge in [0.15, 0.2) is 16.9 Å². The number of carbonyl (C=O) groups is 1. The quantitative estimate of drug-likeness (QED) is 0.398. The summed E-state index contributed by atoms with van der Waals surface area (Å²) in [5.41, 5.74) is 0.141. The van der Waals surface area contributed by atoms with E-state index in [1.807, 2.05) is 0 Å². The monoisotopic (exact) mass is 367 g/mol. The number of nitro groups is 1. The molecule has 106 valence electrons. The van der Waals surface area contributed by atoms with Crippen molar-refractivity contribution in [3.8, 4) is 11.6 Å². The third-order valence-electron chi connectivity index (χ3n) is 2.66. The first-order chi connectivity index (χ1) is 10.1. The molecule has 0 saturated heterocycles. The van der Waals surface area contributed by atoms with Gasteiger partial charge in [0.2, 0.25) is 5.88 Å². The highest BCUT2D eigenvalue weighted by molar-refractivity contribution is 9.10. The molecular formula is C12H6BrN3O4S. The Bertz CT molecular complexity index is 857. The van der Waals surface area contributed by atoms with Crippen LogP contribution in [0.4, 0.5) is 5.69 Å². The number of ether oxygens (including phenoxy) is 1. The maximum atomic E-state index is 11.2. The van der Waals surface area contributed by atoms with Crippen LogP contribution in [-0.4, -0.2) is 20.6 Å². The van der Waals surface area contributed by atoms with Gasteiger partial charge in [-0.1, -0.05) is 15.9 Å².